The summed E-state index contributed by atoms with van der Waals surface area (Å²) in [5.74, 6) is 0. The van der Waals surface area contributed by atoms with E-state index in [1.54, 1.807) is 6.07 Å². The fourth-order valence-corrected chi connectivity index (χ4v) is 3.61. The van der Waals surface area contributed by atoms with Crippen LogP contribution in [0.2, 0.25) is 0 Å². The molecule has 1 aromatic carbocycles. The van der Waals surface area contributed by atoms with Gasteiger partial charge in [0.25, 0.3) is 5.69 Å². The van der Waals surface area contributed by atoms with E-state index >= 15 is 0 Å². The van der Waals surface area contributed by atoms with E-state index in [1.807, 2.05) is 0 Å². The third-order valence-electron chi connectivity index (χ3n) is 3.97. The standard InChI is InChI=1S/C16H22N2O4S/c1-23(21,22)16-12-14(8-9-15(16)18(19)20)17-11-10-13-6-4-2-3-5-7-13/h6,8-9,12,17H,2-5,7,10-11H2,1H3. The number of hydrogen-bond donors (Lipinski definition) is 1. The van der Waals surface area contributed by atoms with Gasteiger partial charge in [-0.25, -0.2) is 8.42 Å². The maximum absolute atomic E-state index is 11.7. The highest BCUT2D eigenvalue weighted by molar-refractivity contribution is 7.90. The Bertz CT molecular complexity index is 711. The summed E-state index contributed by atoms with van der Waals surface area (Å²) >= 11 is 0. The molecule has 0 unspecified atom stereocenters. The average molecular weight is 338 g/mol. The molecule has 1 aromatic rings. The van der Waals surface area contributed by atoms with Crippen LogP contribution in [-0.2, 0) is 9.84 Å². The summed E-state index contributed by atoms with van der Waals surface area (Å²) < 4.78 is 23.5. The van der Waals surface area contributed by atoms with Gasteiger partial charge in [-0.15, -0.1) is 0 Å². The number of nitro benzene ring substituents is 1. The number of sulfone groups is 1. The van der Waals surface area contributed by atoms with Gasteiger partial charge in [-0.3, -0.25) is 10.1 Å². The normalized spacial score (nSPS) is 15.6. The van der Waals surface area contributed by atoms with Crippen LogP contribution in [0.1, 0.15) is 38.5 Å². The van der Waals surface area contributed by atoms with E-state index in [4.69, 9.17) is 0 Å². The molecule has 23 heavy (non-hydrogen) atoms. The Hall–Kier alpha value is -1.89. The molecule has 1 aliphatic rings. The molecule has 0 aliphatic heterocycles. The lowest BCUT2D eigenvalue weighted by molar-refractivity contribution is -0.387. The second-order valence-corrected chi connectivity index (χ2v) is 7.83. The number of nitrogens with zero attached hydrogens (tertiary/aromatic N) is 1. The van der Waals surface area contributed by atoms with E-state index in [-0.39, 0.29) is 10.6 Å². The van der Waals surface area contributed by atoms with Crippen molar-refractivity contribution in [1.82, 2.24) is 0 Å². The molecule has 6 nitrogen and oxygen atoms in total. The Kier molecular flexibility index (Phi) is 5.76. The first kappa shape index (κ1) is 17.5. The van der Waals surface area contributed by atoms with E-state index in [0.717, 1.165) is 25.5 Å². The molecule has 0 radical (unpaired) electrons. The second-order valence-electron chi connectivity index (χ2n) is 5.85. The summed E-state index contributed by atoms with van der Waals surface area (Å²) in [5.41, 5.74) is 1.63. The molecular weight excluding hydrogens is 316 g/mol. The van der Waals surface area contributed by atoms with E-state index in [0.29, 0.717) is 12.2 Å². The zero-order chi connectivity index (χ0) is 16.9. The summed E-state index contributed by atoms with van der Waals surface area (Å²) in [5, 5.41) is 14.1. The summed E-state index contributed by atoms with van der Waals surface area (Å²) in [6.45, 7) is 0.687. The van der Waals surface area contributed by atoms with Crippen molar-refractivity contribution in [1.29, 1.82) is 0 Å². The van der Waals surface area contributed by atoms with Gasteiger partial charge < -0.3 is 5.32 Å². The van der Waals surface area contributed by atoms with Gasteiger partial charge >= 0.3 is 0 Å². The molecule has 0 spiro atoms. The zero-order valence-corrected chi connectivity index (χ0v) is 14.1. The molecule has 0 aromatic heterocycles. The second kappa shape index (κ2) is 7.59. The van der Waals surface area contributed by atoms with Crippen molar-refractivity contribution in [3.8, 4) is 0 Å². The summed E-state index contributed by atoms with van der Waals surface area (Å²) in [6, 6.07) is 4.13. The van der Waals surface area contributed by atoms with Crippen LogP contribution in [0.3, 0.4) is 0 Å². The fraction of sp³-hybridized carbons (Fsp3) is 0.500. The Labute approximate surface area is 136 Å². The molecule has 0 saturated heterocycles. The third kappa shape index (κ3) is 5.06. The van der Waals surface area contributed by atoms with Gasteiger partial charge in [-0.1, -0.05) is 18.1 Å². The number of nitro groups is 1. The largest absolute Gasteiger partial charge is 0.385 e. The van der Waals surface area contributed by atoms with Crippen LogP contribution in [0.25, 0.3) is 0 Å². The Morgan fingerprint density at radius 2 is 2.04 bits per heavy atom. The molecule has 0 atom stereocenters. The molecule has 1 N–H and O–H groups in total. The van der Waals surface area contributed by atoms with Gasteiger partial charge in [0.1, 0.15) is 4.90 Å². The lowest BCUT2D eigenvalue weighted by Gasteiger charge is -2.10. The molecule has 126 valence electrons. The van der Waals surface area contributed by atoms with Crippen molar-refractivity contribution in [3.63, 3.8) is 0 Å². The predicted octanol–water partition coefficient (Wildman–Crippen LogP) is 3.69. The molecule has 0 saturated carbocycles. The molecule has 0 bridgehead atoms. The van der Waals surface area contributed by atoms with Gasteiger partial charge in [0, 0.05) is 24.6 Å². The maximum Gasteiger partial charge on any atom is 0.288 e. The van der Waals surface area contributed by atoms with Crippen molar-refractivity contribution in [2.75, 3.05) is 18.1 Å². The number of allylic oxidation sites excluding steroid dienone is 1. The molecule has 2 rings (SSSR count). The summed E-state index contributed by atoms with van der Waals surface area (Å²) in [6.07, 6.45) is 10.2. The topological polar surface area (TPSA) is 89.3 Å². The van der Waals surface area contributed by atoms with Crippen LogP contribution < -0.4 is 5.32 Å². The van der Waals surface area contributed by atoms with Crippen LogP contribution in [0, 0.1) is 10.1 Å². The number of benzene rings is 1. The molecule has 7 heteroatoms. The Balaban J connectivity index is 2.06. The van der Waals surface area contributed by atoms with E-state index in [1.165, 1.54) is 37.0 Å². The Morgan fingerprint density at radius 1 is 1.26 bits per heavy atom. The van der Waals surface area contributed by atoms with Crippen molar-refractivity contribution < 1.29 is 13.3 Å². The lowest BCUT2D eigenvalue weighted by atomic mass is 10.1. The quantitative estimate of drug-likeness (QED) is 0.485. The predicted molar refractivity (Wildman–Crippen MR) is 90.5 cm³/mol. The number of hydrogen-bond acceptors (Lipinski definition) is 5. The van der Waals surface area contributed by atoms with Crippen molar-refractivity contribution in [2.24, 2.45) is 0 Å². The smallest absolute Gasteiger partial charge is 0.288 e. The van der Waals surface area contributed by atoms with Gasteiger partial charge in [-0.2, -0.15) is 0 Å². The van der Waals surface area contributed by atoms with E-state index in [9.17, 15) is 18.5 Å². The van der Waals surface area contributed by atoms with Crippen molar-refractivity contribution in [3.05, 3.63) is 40.0 Å². The number of anilines is 1. The maximum atomic E-state index is 11.7. The highest BCUT2D eigenvalue weighted by Gasteiger charge is 2.22. The van der Waals surface area contributed by atoms with Crippen LogP contribution in [0.4, 0.5) is 11.4 Å². The monoisotopic (exact) mass is 338 g/mol. The molecule has 0 heterocycles. The van der Waals surface area contributed by atoms with Crippen LogP contribution in [0.15, 0.2) is 34.7 Å². The highest BCUT2D eigenvalue weighted by Crippen LogP contribution is 2.27. The fourth-order valence-electron chi connectivity index (χ4n) is 2.75. The van der Waals surface area contributed by atoms with Gasteiger partial charge in [-0.05, 0) is 44.2 Å². The van der Waals surface area contributed by atoms with Gasteiger partial charge in [0.05, 0.1) is 4.92 Å². The van der Waals surface area contributed by atoms with Gasteiger partial charge in [0.2, 0.25) is 0 Å². The van der Waals surface area contributed by atoms with Gasteiger partial charge in [0.15, 0.2) is 9.84 Å². The van der Waals surface area contributed by atoms with Crippen LogP contribution >= 0.6 is 0 Å². The first-order valence-electron chi connectivity index (χ1n) is 7.78. The Morgan fingerprint density at radius 3 is 2.74 bits per heavy atom. The minimum atomic E-state index is -3.64. The molecule has 0 amide bonds. The number of nitrogens with one attached hydrogen (secondary N) is 1. The summed E-state index contributed by atoms with van der Waals surface area (Å²) in [7, 11) is -3.64. The average Bonchev–Trinajstić information content (AvgIpc) is 2.75. The van der Waals surface area contributed by atoms with E-state index in [2.05, 4.69) is 11.4 Å². The molecule has 0 fully saturated rings. The lowest BCUT2D eigenvalue weighted by Crippen LogP contribution is -2.06. The first-order valence-corrected chi connectivity index (χ1v) is 9.67. The third-order valence-corrected chi connectivity index (χ3v) is 5.09. The summed E-state index contributed by atoms with van der Waals surface area (Å²) in [4.78, 5) is 10.0. The van der Waals surface area contributed by atoms with Crippen LogP contribution in [0.5, 0.6) is 0 Å². The van der Waals surface area contributed by atoms with Crippen molar-refractivity contribution >= 4 is 21.2 Å². The number of rotatable bonds is 6. The highest BCUT2D eigenvalue weighted by atomic mass is 32.2. The molecular formula is C16H22N2O4S. The van der Waals surface area contributed by atoms with Crippen molar-refractivity contribution in [2.45, 2.75) is 43.4 Å². The van der Waals surface area contributed by atoms with Crippen LogP contribution in [-0.4, -0.2) is 26.1 Å². The molecule has 1 aliphatic carbocycles. The van der Waals surface area contributed by atoms with E-state index < -0.39 is 14.8 Å². The zero-order valence-electron chi connectivity index (χ0n) is 13.2. The minimum Gasteiger partial charge on any atom is -0.385 e. The SMILES string of the molecule is CS(=O)(=O)c1cc(NCCC2=CCCCCC2)ccc1[N+](=O)[O-]. The minimum absolute atomic E-state index is 0.249. The first-order chi connectivity index (χ1) is 10.9.